The molecule has 2 fully saturated rings. The highest BCUT2D eigenvalue weighted by molar-refractivity contribution is 5.97. The van der Waals surface area contributed by atoms with Gasteiger partial charge in [0.1, 0.15) is 11.9 Å². The lowest BCUT2D eigenvalue weighted by Gasteiger charge is -2.36. The Morgan fingerprint density at radius 2 is 1.87 bits per heavy atom. The quantitative estimate of drug-likeness (QED) is 0.597. The Hall–Kier alpha value is -2.48. The molecule has 3 rings (SSSR count). The maximum atomic E-state index is 14.0. The third-order valence-electron chi connectivity index (χ3n) is 5.76. The van der Waals surface area contributed by atoms with Crippen LogP contribution in [0.15, 0.2) is 24.3 Å². The summed E-state index contributed by atoms with van der Waals surface area (Å²) in [6, 6.07) is 4.93. The first kappa shape index (κ1) is 22.2. The summed E-state index contributed by atoms with van der Waals surface area (Å²) in [6.45, 7) is 2.10. The van der Waals surface area contributed by atoms with E-state index in [9.17, 15) is 18.8 Å². The highest BCUT2D eigenvalue weighted by atomic mass is 19.1. The molecule has 0 spiro atoms. The van der Waals surface area contributed by atoms with Gasteiger partial charge in [-0.15, -0.1) is 0 Å². The zero-order valence-electron chi connectivity index (χ0n) is 17.4. The van der Waals surface area contributed by atoms with E-state index < -0.39 is 17.8 Å². The van der Waals surface area contributed by atoms with E-state index in [-0.39, 0.29) is 29.2 Å². The Balaban J connectivity index is 1.64. The average molecular weight is 419 g/mol. The van der Waals surface area contributed by atoms with Crippen LogP contribution in [-0.4, -0.2) is 62.0 Å². The maximum Gasteiger partial charge on any atom is 0.254 e. The van der Waals surface area contributed by atoms with Crippen LogP contribution >= 0.6 is 0 Å². The second-order valence-corrected chi connectivity index (χ2v) is 8.01. The van der Waals surface area contributed by atoms with Crippen molar-refractivity contribution in [3.63, 3.8) is 0 Å². The number of piperidine rings is 1. The standard InChI is InChI=1S/C22H30FN3O4/c1-30-14-4-11-24-21(28)19(25-20(27)17-5-2-3-6-18(17)23)15-9-12-26(13-10-15)22(29)16-7-8-16/h2-3,5-6,15-16,19H,4,7-14H2,1H3,(H,24,28)(H,25,27). The van der Waals surface area contributed by atoms with Crippen molar-refractivity contribution in [2.45, 2.75) is 38.1 Å². The van der Waals surface area contributed by atoms with Gasteiger partial charge in [-0.2, -0.15) is 0 Å². The molecule has 1 unspecified atom stereocenters. The van der Waals surface area contributed by atoms with Gasteiger partial charge in [0, 0.05) is 39.3 Å². The number of hydrogen-bond acceptors (Lipinski definition) is 4. The van der Waals surface area contributed by atoms with Gasteiger partial charge in [-0.05, 0) is 50.2 Å². The van der Waals surface area contributed by atoms with E-state index in [1.807, 2.05) is 4.90 Å². The largest absolute Gasteiger partial charge is 0.385 e. The highest BCUT2D eigenvalue weighted by Gasteiger charge is 2.38. The molecule has 1 saturated carbocycles. The fraction of sp³-hybridized carbons (Fsp3) is 0.591. The molecule has 1 aromatic carbocycles. The van der Waals surface area contributed by atoms with Crippen molar-refractivity contribution < 1.29 is 23.5 Å². The molecule has 1 heterocycles. The molecular weight excluding hydrogens is 389 g/mol. The zero-order valence-corrected chi connectivity index (χ0v) is 17.4. The van der Waals surface area contributed by atoms with Crippen LogP contribution in [0.25, 0.3) is 0 Å². The van der Waals surface area contributed by atoms with Gasteiger partial charge in [0.2, 0.25) is 11.8 Å². The van der Waals surface area contributed by atoms with Crippen molar-refractivity contribution in [3.8, 4) is 0 Å². The molecule has 2 N–H and O–H groups in total. The van der Waals surface area contributed by atoms with Crippen LogP contribution in [0.4, 0.5) is 4.39 Å². The number of carbonyl (C=O) groups is 3. The molecule has 7 nitrogen and oxygen atoms in total. The Kier molecular flexibility index (Phi) is 7.79. The number of methoxy groups -OCH3 is 1. The fourth-order valence-corrected chi connectivity index (χ4v) is 3.84. The lowest BCUT2D eigenvalue weighted by molar-refractivity contribution is -0.134. The van der Waals surface area contributed by atoms with Crippen LogP contribution in [0.5, 0.6) is 0 Å². The van der Waals surface area contributed by atoms with Crippen molar-refractivity contribution in [1.29, 1.82) is 0 Å². The molecule has 8 heteroatoms. The topological polar surface area (TPSA) is 87.7 Å². The smallest absolute Gasteiger partial charge is 0.254 e. The third kappa shape index (κ3) is 5.78. The number of amides is 3. The van der Waals surface area contributed by atoms with Crippen molar-refractivity contribution >= 4 is 17.7 Å². The van der Waals surface area contributed by atoms with E-state index in [0.29, 0.717) is 45.5 Å². The molecule has 1 aliphatic carbocycles. The van der Waals surface area contributed by atoms with Gasteiger partial charge in [0.15, 0.2) is 0 Å². The minimum absolute atomic E-state index is 0.0870. The van der Waals surface area contributed by atoms with Gasteiger partial charge in [-0.1, -0.05) is 12.1 Å². The normalized spacial score (nSPS) is 18.0. The molecule has 3 amide bonds. The lowest BCUT2D eigenvalue weighted by atomic mass is 9.88. The van der Waals surface area contributed by atoms with Crippen LogP contribution in [0.2, 0.25) is 0 Å². The number of benzene rings is 1. The first-order valence-corrected chi connectivity index (χ1v) is 10.6. The average Bonchev–Trinajstić information content (AvgIpc) is 3.60. The summed E-state index contributed by atoms with van der Waals surface area (Å²) in [6.07, 6.45) is 3.82. The monoisotopic (exact) mass is 419 g/mol. The number of nitrogens with zero attached hydrogens (tertiary/aromatic N) is 1. The molecule has 164 valence electrons. The number of rotatable bonds is 9. The maximum absolute atomic E-state index is 14.0. The summed E-state index contributed by atoms with van der Waals surface area (Å²) in [5.41, 5.74) is -0.0870. The summed E-state index contributed by atoms with van der Waals surface area (Å²) >= 11 is 0. The van der Waals surface area contributed by atoms with Gasteiger partial charge >= 0.3 is 0 Å². The second kappa shape index (κ2) is 10.5. The molecule has 0 aromatic heterocycles. The number of carbonyl (C=O) groups excluding carboxylic acids is 3. The molecule has 1 aromatic rings. The third-order valence-corrected chi connectivity index (χ3v) is 5.76. The second-order valence-electron chi connectivity index (χ2n) is 8.01. The van der Waals surface area contributed by atoms with Gasteiger partial charge < -0.3 is 20.3 Å². The highest BCUT2D eigenvalue weighted by Crippen LogP contribution is 2.33. The molecule has 0 radical (unpaired) electrons. The predicted molar refractivity (Wildman–Crippen MR) is 109 cm³/mol. The molecular formula is C22H30FN3O4. The van der Waals surface area contributed by atoms with E-state index in [1.54, 1.807) is 13.2 Å². The number of ether oxygens (including phenoxy) is 1. The van der Waals surface area contributed by atoms with Crippen LogP contribution in [0.3, 0.4) is 0 Å². The van der Waals surface area contributed by atoms with E-state index in [4.69, 9.17) is 4.74 Å². The van der Waals surface area contributed by atoms with Crippen LogP contribution in [0.1, 0.15) is 42.5 Å². The first-order chi connectivity index (χ1) is 14.5. The minimum Gasteiger partial charge on any atom is -0.385 e. The van der Waals surface area contributed by atoms with Gasteiger partial charge in [-0.3, -0.25) is 14.4 Å². The van der Waals surface area contributed by atoms with E-state index in [1.165, 1.54) is 18.2 Å². The van der Waals surface area contributed by atoms with Crippen LogP contribution < -0.4 is 10.6 Å². The summed E-state index contributed by atoms with van der Waals surface area (Å²) in [7, 11) is 1.59. The fourth-order valence-electron chi connectivity index (χ4n) is 3.84. The van der Waals surface area contributed by atoms with Crippen LogP contribution in [0, 0.1) is 17.7 Å². The Morgan fingerprint density at radius 3 is 2.50 bits per heavy atom. The van der Waals surface area contributed by atoms with Crippen molar-refractivity contribution in [1.82, 2.24) is 15.5 Å². The van der Waals surface area contributed by atoms with Crippen molar-refractivity contribution in [3.05, 3.63) is 35.6 Å². The Bertz CT molecular complexity index is 761. The number of halogens is 1. The van der Waals surface area contributed by atoms with Crippen LogP contribution in [-0.2, 0) is 14.3 Å². The zero-order chi connectivity index (χ0) is 21.5. The minimum atomic E-state index is -0.780. The van der Waals surface area contributed by atoms with Crippen molar-refractivity contribution in [2.75, 3.05) is 33.4 Å². The summed E-state index contributed by atoms with van der Waals surface area (Å²) < 4.78 is 19.0. The molecule has 1 atom stereocenters. The molecule has 30 heavy (non-hydrogen) atoms. The summed E-state index contributed by atoms with van der Waals surface area (Å²) in [4.78, 5) is 39.7. The van der Waals surface area contributed by atoms with Gasteiger partial charge in [-0.25, -0.2) is 4.39 Å². The first-order valence-electron chi connectivity index (χ1n) is 10.6. The van der Waals surface area contributed by atoms with E-state index in [0.717, 1.165) is 12.8 Å². The number of hydrogen-bond donors (Lipinski definition) is 2. The summed E-state index contributed by atoms with van der Waals surface area (Å²) in [5, 5.41) is 5.58. The molecule has 0 bridgehead atoms. The van der Waals surface area contributed by atoms with Gasteiger partial charge in [0.25, 0.3) is 5.91 Å². The SMILES string of the molecule is COCCCNC(=O)C(NC(=O)c1ccccc1F)C1CCN(C(=O)C2CC2)CC1. The molecule has 1 saturated heterocycles. The molecule has 2 aliphatic rings. The summed E-state index contributed by atoms with van der Waals surface area (Å²) in [5.74, 6) is -1.28. The van der Waals surface area contributed by atoms with Crippen molar-refractivity contribution in [2.24, 2.45) is 11.8 Å². The lowest BCUT2D eigenvalue weighted by Crippen LogP contribution is -2.54. The van der Waals surface area contributed by atoms with Gasteiger partial charge in [0.05, 0.1) is 5.56 Å². The number of nitrogens with one attached hydrogen (secondary N) is 2. The van der Waals surface area contributed by atoms with E-state index >= 15 is 0 Å². The number of likely N-dealkylation sites (tertiary alicyclic amines) is 1. The Labute approximate surface area is 176 Å². The predicted octanol–water partition coefficient (Wildman–Crippen LogP) is 1.73. The molecule has 1 aliphatic heterocycles. The Morgan fingerprint density at radius 1 is 1.17 bits per heavy atom. The van der Waals surface area contributed by atoms with E-state index in [2.05, 4.69) is 10.6 Å².